The number of ketones is 1. The third kappa shape index (κ3) is 2.61. The minimum absolute atomic E-state index is 0.0138. The fourth-order valence-corrected chi connectivity index (χ4v) is 2.33. The van der Waals surface area contributed by atoms with Crippen molar-refractivity contribution in [1.29, 1.82) is 0 Å². The Balaban J connectivity index is 2.23. The third-order valence-corrected chi connectivity index (χ3v) is 3.13. The Morgan fingerprint density at radius 3 is 2.82 bits per heavy atom. The molecule has 5 heteroatoms. The van der Waals surface area contributed by atoms with Gasteiger partial charge in [-0.25, -0.2) is 0 Å². The molecule has 0 aliphatic heterocycles. The summed E-state index contributed by atoms with van der Waals surface area (Å²) in [6.07, 6.45) is 1.83. The maximum Gasteiger partial charge on any atom is 0.183 e. The number of furan rings is 1. The number of carbonyl (C=O) groups excluding carboxylic acids is 1. The molecule has 0 aromatic carbocycles. The van der Waals surface area contributed by atoms with E-state index in [1.54, 1.807) is 18.4 Å². The molecule has 0 N–H and O–H groups in total. The van der Waals surface area contributed by atoms with Crippen LogP contribution in [0.5, 0.6) is 0 Å². The summed E-state index contributed by atoms with van der Waals surface area (Å²) in [5.41, 5.74) is 0.597. The van der Waals surface area contributed by atoms with E-state index >= 15 is 0 Å². The predicted octanol–water partition coefficient (Wildman–Crippen LogP) is 2.85. The second-order valence-corrected chi connectivity index (χ2v) is 5.63. The van der Waals surface area contributed by atoms with Crippen molar-refractivity contribution in [2.24, 2.45) is 0 Å². The second-order valence-electron chi connectivity index (χ2n) is 4.88. The van der Waals surface area contributed by atoms with E-state index in [2.05, 4.69) is 9.59 Å². The summed E-state index contributed by atoms with van der Waals surface area (Å²) in [7, 11) is 0. The molecule has 4 nitrogen and oxygen atoms in total. The van der Waals surface area contributed by atoms with Gasteiger partial charge in [0.05, 0.1) is 18.4 Å². The molecule has 0 amide bonds. The van der Waals surface area contributed by atoms with Crippen LogP contribution in [0, 0.1) is 0 Å². The van der Waals surface area contributed by atoms with Gasteiger partial charge in [-0.1, -0.05) is 25.3 Å². The summed E-state index contributed by atoms with van der Waals surface area (Å²) in [6, 6.07) is 3.57. The Bertz CT molecular complexity index is 509. The van der Waals surface area contributed by atoms with Gasteiger partial charge in [-0.15, -0.1) is 5.10 Å². The molecule has 0 aliphatic rings. The SMILES string of the molecule is CC(C)(C)c1nnsc1C(=O)Cc1ccco1. The smallest absolute Gasteiger partial charge is 0.183 e. The van der Waals surface area contributed by atoms with Gasteiger partial charge in [0.15, 0.2) is 5.78 Å². The van der Waals surface area contributed by atoms with Crippen molar-refractivity contribution in [2.75, 3.05) is 0 Å². The number of rotatable bonds is 3. The molecule has 0 radical (unpaired) electrons. The van der Waals surface area contributed by atoms with Crippen LogP contribution in [-0.2, 0) is 11.8 Å². The van der Waals surface area contributed by atoms with Crippen LogP contribution in [0.4, 0.5) is 0 Å². The summed E-state index contributed by atoms with van der Waals surface area (Å²) in [6.45, 7) is 6.06. The Morgan fingerprint density at radius 1 is 1.47 bits per heavy atom. The van der Waals surface area contributed by atoms with Crippen LogP contribution in [0.2, 0.25) is 0 Å². The summed E-state index contributed by atoms with van der Waals surface area (Å²) in [4.78, 5) is 12.7. The monoisotopic (exact) mass is 250 g/mol. The van der Waals surface area contributed by atoms with Crippen molar-refractivity contribution in [1.82, 2.24) is 9.59 Å². The molecule has 2 aromatic rings. The molecule has 90 valence electrons. The molecule has 2 heterocycles. The second kappa shape index (κ2) is 4.41. The van der Waals surface area contributed by atoms with E-state index in [0.29, 0.717) is 10.6 Å². The van der Waals surface area contributed by atoms with Gasteiger partial charge in [0, 0.05) is 5.41 Å². The van der Waals surface area contributed by atoms with Gasteiger partial charge < -0.3 is 4.42 Å². The highest BCUT2D eigenvalue weighted by molar-refractivity contribution is 7.08. The number of aromatic nitrogens is 2. The third-order valence-electron chi connectivity index (χ3n) is 2.37. The number of hydrogen-bond acceptors (Lipinski definition) is 5. The molecule has 2 aromatic heterocycles. The Labute approximate surface area is 104 Å². The van der Waals surface area contributed by atoms with Gasteiger partial charge in [0.2, 0.25) is 0 Å². The zero-order valence-electron chi connectivity index (χ0n) is 10.1. The molecule has 0 saturated carbocycles. The number of Topliss-reactive ketones (excluding diaryl/α,β-unsaturated/α-hetero) is 1. The van der Waals surface area contributed by atoms with E-state index in [1.165, 1.54) is 0 Å². The first-order valence-electron chi connectivity index (χ1n) is 5.37. The van der Waals surface area contributed by atoms with E-state index in [-0.39, 0.29) is 17.6 Å². The van der Waals surface area contributed by atoms with Gasteiger partial charge in [-0.05, 0) is 23.7 Å². The Morgan fingerprint density at radius 2 is 2.24 bits per heavy atom. The van der Waals surface area contributed by atoms with Gasteiger partial charge in [0.1, 0.15) is 10.6 Å². The molecule has 0 bridgehead atoms. The highest BCUT2D eigenvalue weighted by atomic mass is 32.1. The van der Waals surface area contributed by atoms with Crippen molar-refractivity contribution >= 4 is 17.3 Å². The molecule has 0 saturated heterocycles. The van der Waals surface area contributed by atoms with Crippen molar-refractivity contribution in [3.05, 3.63) is 34.7 Å². The fourth-order valence-electron chi connectivity index (χ4n) is 1.52. The zero-order chi connectivity index (χ0) is 12.5. The molecule has 2 rings (SSSR count). The average molecular weight is 250 g/mol. The minimum atomic E-state index is -0.166. The summed E-state index contributed by atoms with van der Waals surface area (Å²) < 4.78 is 9.05. The normalized spacial score (nSPS) is 11.7. The van der Waals surface area contributed by atoms with E-state index in [9.17, 15) is 4.79 Å². The highest BCUT2D eigenvalue weighted by Gasteiger charge is 2.26. The largest absolute Gasteiger partial charge is 0.469 e. The molecule has 0 aliphatic carbocycles. The van der Waals surface area contributed by atoms with Crippen molar-refractivity contribution in [3.63, 3.8) is 0 Å². The van der Waals surface area contributed by atoms with Gasteiger partial charge in [0.25, 0.3) is 0 Å². The minimum Gasteiger partial charge on any atom is -0.469 e. The summed E-state index contributed by atoms with van der Waals surface area (Å²) >= 11 is 1.15. The van der Waals surface area contributed by atoms with E-state index < -0.39 is 0 Å². The molecule has 0 fully saturated rings. The molecule has 0 unspecified atom stereocenters. The fraction of sp³-hybridized carbons (Fsp3) is 0.417. The maximum absolute atomic E-state index is 12.1. The topological polar surface area (TPSA) is 56.0 Å². The van der Waals surface area contributed by atoms with Crippen LogP contribution < -0.4 is 0 Å². The lowest BCUT2D eigenvalue weighted by Gasteiger charge is -2.15. The molecular weight excluding hydrogens is 236 g/mol. The standard InChI is InChI=1S/C12H14N2O2S/c1-12(2,3)11-10(17-14-13-11)9(15)7-8-5-4-6-16-8/h4-6H,7H2,1-3H3. The zero-order valence-corrected chi connectivity index (χ0v) is 10.9. The van der Waals surface area contributed by atoms with E-state index in [4.69, 9.17) is 4.42 Å². The number of nitrogens with zero attached hydrogens (tertiary/aromatic N) is 2. The first-order valence-corrected chi connectivity index (χ1v) is 6.14. The predicted molar refractivity (Wildman–Crippen MR) is 65.4 cm³/mol. The first-order chi connectivity index (χ1) is 7.98. The molecule has 17 heavy (non-hydrogen) atoms. The van der Waals surface area contributed by atoms with Crippen molar-refractivity contribution < 1.29 is 9.21 Å². The Hall–Kier alpha value is -1.49. The Kier molecular flexibility index (Phi) is 3.11. The number of carbonyl (C=O) groups is 1. The van der Waals surface area contributed by atoms with Crippen LogP contribution in [0.1, 0.15) is 41.9 Å². The van der Waals surface area contributed by atoms with E-state index in [1.807, 2.05) is 20.8 Å². The first kappa shape index (κ1) is 12.0. The van der Waals surface area contributed by atoms with Gasteiger partial charge in [-0.2, -0.15) is 0 Å². The average Bonchev–Trinajstić information content (AvgIpc) is 2.85. The van der Waals surface area contributed by atoms with Gasteiger partial charge in [-0.3, -0.25) is 4.79 Å². The highest BCUT2D eigenvalue weighted by Crippen LogP contribution is 2.26. The maximum atomic E-state index is 12.1. The van der Waals surface area contributed by atoms with Crippen LogP contribution in [-0.4, -0.2) is 15.4 Å². The van der Waals surface area contributed by atoms with E-state index in [0.717, 1.165) is 17.2 Å². The number of hydrogen-bond donors (Lipinski definition) is 0. The lowest BCUT2D eigenvalue weighted by molar-refractivity contribution is 0.0988. The summed E-state index contributed by atoms with van der Waals surface area (Å²) in [5.74, 6) is 0.683. The van der Waals surface area contributed by atoms with Crippen molar-refractivity contribution in [2.45, 2.75) is 32.6 Å². The van der Waals surface area contributed by atoms with Crippen LogP contribution in [0.15, 0.2) is 22.8 Å². The van der Waals surface area contributed by atoms with Crippen LogP contribution in [0.25, 0.3) is 0 Å². The van der Waals surface area contributed by atoms with Crippen LogP contribution >= 0.6 is 11.5 Å². The molecule has 0 atom stereocenters. The quantitative estimate of drug-likeness (QED) is 0.786. The molecule has 0 spiro atoms. The van der Waals surface area contributed by atoms with Crippen molar-refractivity contribution in [3.8, 4) is 0 Å². The van der Waals surface area contributed by atoms with Crippen LogP contribution in [0.3, 0.4) is 0 Å². The lowest BCUT2D eigenvalue weighted by Crippen LogP contribution is -2.17. The van der Waals surface area contributed by atoms with Gasteiger partial charge >= 0.3 is 0 Å². The lowest BCUT2D eigenvalue weighted by atomic mass is 9.90. The summed E-state index contributed by atoms with van der Waals surface area (Å²) in [5, 5.41) is 4.05. The molecular formula is C12H14N2O2S.